The van der Waals surface area contributed by atoms with Crippen LogP contribution in [-0.2, 0) is 14.8 Å². The number of aliphatic carboxylic acids is 1. The van der Waals surface area contributed by atoms with Gasteiger partial charge in [-0.3, -0.25) is 9.59 Å². The number of hydrogen-bond donors (Lipinski definition) is 1. The van der Waals surface area contributed by atoms with Gasteiger partial charge in [0.1, 0.15) is 5.75 Å². The lowest BCUT2D eigenvalue weighted by atomic mass is 9.82. The quantitative estimate of drug-likeness (QED) is 0.563. The molecule has 1 heterocycles. The number of nitrogens with zero attached hydrogens (tertiary/aromatic N) is 2. The number of fused-ring (bicyclic) bond motifs is 2. The smallest absolute Gasteiger partial charge is 0.480 e. The molecule has 3 aliphatic rings. The Hall–Kier alpha value is -3.12. The molecule has 0 bridgehead atoms. The fraction of sp³-hybridized carbons (Fsp3) is 0.440. The zero-order valence-electron chi connectivity index (χ0n) is 19.6. The molecular formula is C25H25F3N2O6S. The second-order valence-corrected chi connectivity index (χ2v) is 11.5. The van der Waals surface area contributed by atoms with Crippen LogP contribution in [0.2, 0.25) is 0 Å². The fourth-order valence-electron chi connectivity index (χ4n) is 5.74. The summed E-state index contributed by atoms with van der Waals surface area (Å²) in [5, 5.41) is 9.27. The minimum Gasteiger partial charge on any atom is -0.480 e. The fourth-order valence-corrected chi connectivity index (χ4v) is 7.48. The van der Waals surface area contributed by atoms with Crippen LogP contribution < -0.4 is 9.64 Å². The van der Waals surface area contributed by atoms with Gasteiger partial charge in [-0.25, -0.2) is 8.42 Å². The highest BCUT2D eigenvalue weighted by molar-refractivity contribution is 7.89. The molecule has 2 fully saturated rings. The van der Waals surface area contributed by atoms with Crippen LogP contribution >= 0.6 is 0 Å². The molecule has 198 valence electrons. The molecule has 2 aliphatic carbocycles. The van der Waals surface area contributed by atoms with E-state index >= 15 is 0 Å². The number of carboxylic acid groups (broad SMARTS) is 1. The summed E-state index contributed by atoms with van der Waals surface area (Å²) in [7, 11) is -4.12. The first-order valence-electron chi connectivity index (χ1n) is 12.0. The molecule has 3 atom stereocenters. The predicted molar refractivity (Wildman–Crippen MR) is 127 cm³/mol. The van der Waals surface area contributed by atoms with E-state index in [9.17, 15) is 36.3 Å². The number of para-hydroxylation sites is 1. The van der Waals surface area contributed by atoms with Crippen molar-refractivity contribution in [1.29, 1.82) is 0 Å². The Morgan fingerprint density at radius 3 is 2.32 bits per heavy atom. The molecule has 1 amide bonds. The Morgan fingerprint density at radius 2 is 1.70 bits per heavy atom. The molecule has 8 nitrogen and oxygen atoms in total. The zero-order valence-corrected chi connectivity index (χ0v) is 20.4. The van der Waals surface area contributed by atoms with Crippen molar-refractivity contribution in [2.24, 2.45) is 5.92 Å². The maximum absolute atomic E-state index is 13.7. The van der Waals surface area contributed by atoms with Crippen molar-refractivity contribution in [3.63, 3.8) is 0 Å². The molecule has 37 heavy (non-hydrogen) atoms. The highest BCUT2D eigenvalue weighted by atomic mass is 32.2. The first-order chi connectivity index (χ1) is 17.5. The average Bonchev–Trinajstić information content (AvgIpc) is 3.52. The molecule has 5 rings (SSSR count). The molecule has 3 unspecified atom stereocenters. The second kappa shape index (κ2) is 9.32. The SMILES string of the molecule is O=C(O)CS(=O)(=O)N(C1CC1)C1c2ccccc2N(C(=O)c2ccc(OC(F)(F)F)cc2)C2CCCC21. The normalized spacial score (nSPS) is 23.5. The number of hydrogen-bond acceptors (Lipinski definition) is 5. The van der Waals surface area contributed by atoms with Gasteiger partial charge < -0.3 is 14.7 Å². The van der Waals surface area contributed by atoms with Crippen LogP contribution in [0.5, 0.6) is 5.75 Å². The Labute approximate surface area is 211 Å². The van der Waals surface area contributed by atoms with E-state index in [-0.39, 0.29) is 23.6 Å². The van der Waals surface area contributed by atoms with Crippen molar-refractivity contribution in [2.75, 3.05) is 10.7 Å². The summed E-state index contributed by atoms with van der Waals surface area (Å²) in [6, 6.07) is 10.5. The van der Waals surface area contributed by atoms with Crippen LogP contribution in [0.1, 0.15) is 54.1 Å². The number of carbonyl (C=O) groups excluding carboxylic acids is 1. The van der Waals surface area contributed by atoms with Gasteiger partial charge in [0.25, 0.3) is 5.91 Å². The predicted octanol–water partition coefficient (Wildman–Crippen LogP) is 4.33. The topological polar surface area (TPSA) is 104 Å². The van der Waals surface area contributed by atoms with Crippen molar-refractivity contribution in [3.8, 4) is 5.75 Å². The van der Waals surface area contributed by atoms with Crippen molar-refractivity contribution < 1.29 is 41.0 Å². The standard InChI is InChI=1S/C25H25F3N2O6S/c26-25(27,28)36-17-12-8-15(9-13-17)24(33)29-20-6-2-1-4-18(20)23(19-5-3-7-21(19)29)30(16-10-11-16)37(34,35)14-22(31)32/h1-2,4,6,8-9,12-13,16,19,21,23H,3,5,7,10-11,14H2,(H,31,32). The van der Waals surface area contributed by atoms with Crippen molar-refractivity contribution >= 4 is 27.6 Å². The van der Waals surface area contributed by atoms with Gasteiger partial charge in [0.15, 0.2) is 5.75 Å². The van der Waals surface area contributed by atoms with Gasteiger partial charge in [-0.05, 0) is 61.6 Å². The van der Waals surface area contributed by atoms with E-state index in [1.807, 2.05) is 0 Å². The Morgan fingerprint density at radius 1 is 1.03 bits per heavy atom. The number of carbonyl (C=O) groups is 2. The van der Waals surface area contributed by atoms with Gasteiger partial charge in [-0.1, -0.05) is 24.6 Å². The molecule has 0 radical (unpaired) electrons. The molecule has 0 aromatic heterocycles. The van der Waals surface area contributed by atoms with E-state index in [2.05, 4.69) is 4.74 Å². The van der Waals surface area contributed by atoms with Gasteiger partial charge in [-0.15, -0.1) is 13.2 Å². The largest absolute Gasteiger partial charge is 0.573 e. The summed E-state index contributed by atoms with van der Waals surface area (Å²) < 4.78 is 69.4. The highest BCUT2D eigenvalue weighted by Crippen LogP contribution is 2.53. The van der Waals surface area contributed by atoms with Crippen LogP contribution in [0.25, 0.3) is 0 Å². The first kappa shape index (κ1) is 25.5. The van der Waals surface area contributed by atoms with Gasteiger partial charge in [0.2, 0.25) is 10.0 Å². The molecular weight excluding hydrogens is 513 g/mol. The van der Waals surface area contributed by atoms with E-state index in [4.69, 9.17) is 0 Å². The maximum Gasteiger partial charge on any atom is 0.573 e. The van der Waals surface area contributed by atoms with E-state index < -0.39 is 45.8 Å². The molecule has 2 saturated carbocycles. The van der Waals surface area contributed by atoms with Crippen LogP contribution in [0.15, 0.2) is 48.5 Å². The summed E-state index contributed by atoms with van der Waals surface area (Å²) in [6.45, 7) is 0. The van der Waals surface area contributed by atoms with E-state index in [0.717, 1.165) is 18.6 Å². The van der Waals surface area contributed by atoms with Gasteiger partial charge in [0.05, 0.1) is 6.04 Å². The number of ether oxygens (including phenoxy) is 1. The molecule has 0 saturated heterocycles. The number of carboxylic acids is 1. The zero-order chi connectivity index (χ0) is 26.5. The van der Waals surface area contributed by atoms with Crippen molar-refractivity contribution in [1.82, 2.24) is 4.31 Å². The van der Waals surface area contributed by atoms with Gasteiger partial charge >= 0.3 is 12.3 Å². The second-order valence-electron chi connectivity index (χ2n) is 9.62. The minimum atomic E-state index is -4.85. The summed E-state index contributed by atoms with van der Waals surface area (Å²) in [5.41, 5.74) is 1.32. The first-order valence-corrected chi connectivity index (χ1v) is 13.6. The minimum absolute atomic E-state index is 0.172. The van der Waals surface area contributed by atoms with E-state index in [0.29, 0.717) is 36.9 Å². The summed E-state index contributed by atoms with van der Waals surface area (Å²) in [4.78, 5) is 26.7. The van der Waals surface area contributed by atoms with Crippen LogP contribution in [-0.4, -0.2) is 53.9 Å². The third-order valence-electron chi connectivity index (χ3n) is 7.15. The van der Waals surface area contributed by atoms with Crippen LogP contribution in [0.4, 0.5) is 18.9 Å². The highest BCUT2D eigenvalue weighted by Gasteiger charge is 2.53. The summed E-state index contributed by atoms with van der Waals surface area (Å²) >= 11 is 0. The number of sulfonamides is 1. The molecule has 0 spiro atoms. The monoisotopic (exact) mass is 538 g/mol. The lowest BCUT2D eigenvalue weighted by Crippen LogP contribution is -2.53. The number of rotatable bonds is 7. The number of halogens is 3. The van der Waals surface area contributed by atoms with Crippen molar-refractivity contribution in [3.05, 3.63) is 59.7 Å². The number of benzene rings is 2. The third-order valence-corrected chi connectivity index (χ3v) is 8.92. The van der Waals surface area contributed by atoms with Crippen LogP contribution in [0.3, 0.4) is 0 Å². The Kier molecular flexibility index (Phi) is 6.43. The average molecular weight is 539 g/mol. The molecule has 2 aromatic carbocycles. The molecule has 1 N–H and O–H groups in total. The van der Waals surface area contributed by atoms with E-state index in [1.165, 1.54) is 16.4 Å². The third kappa shape index (κ3) is 5.04. The summed E-state index contributed by atoms with van der Waals surface area (Å²) in [5.74, 6) is -3.53. The Balaban J connectivity index is 1.54. The Bertz CT molecular complexity index is 1310. The number of alkyl halides is 3. The lowest BCUT2D eigenvalue weighted by Gasteiger charge is -2.47. The number of anilines is 1. The van der Waals surface area contributed by atoms with Crippen molar-refractivity contribution in [2.45, 2.75) is 56.6 Å². The molecule has 12 heteroatoms. The van der Waals surface area contributed by atoms with E-state index in [1.54, 1.807) is 29.2 Å². The van der Waals surface area contributed by atoms with Gasteiger partial charge in [0, 0.05) is 29.3 Å². The summed E-state index contributed by atoms with van der Waals surface area (Å²) in [6.07, 6.45) is -1.54. The number of amides is 1. The maximum atomic E-state index is 13.7. The molecule has 1 aliphatic heterocycles. The van der Waals surface area contributed by atoms with Gasteiger partial charge in [-0.2, -0.15) is 4.31 Å². The molecule has 2 aromatic rings. The van der Waals surface area contributed by atoms with Crippen LogP contribution in [0, 0.1) is 5.92 Å². The lowest BCUT2D eigenvalue weighted by molar-refractivity contribution is -0.274.